The quantitative estimate of drug-likeness (QED) is 0.500. The maximum Gasteiger partial charge on any atom is 0.311 e. The van der Waals surface area contributed by atoms with E-state index in [9.17, 15) is 14.4 Å². The number of esters is 1. The molecule has 2 aromatic carbocycles. The smallest absolute Gasteiger partial charge is 0.311 e. The molecule has 4 nitrogen and oxygen atoms in total. The van der Waals surface area contributed by atoms with Gasteiger partial charge in [0, 0.05) is 5.56 Å². The molecule has 0 radical (unpaired) electrons. The zero-order valence-electron chi connectivity index (χ0n) is 15.7. The van der Waals surface area contributed by atoms with Gasteiger partial charge in [0.05, 0.1) is 5.92 Å². The summed E-state index contributed by atoms with van der Waals surface area (Å²) in [6.45, 7) is 3.78. The Morgan fingerprint density at radius 1 is 1.24 bits per heavy atom. The van der Waals surface area contributed by atoms with Crippen LogP contribution in [0, 0.1) is 34.4 Å². The van der Waals surface area contributed by atoms with Crippen LogP contribution in [0.15, 0.2) is 59.1 Å². The third-order valence-corrected chi connectivity index (χ3v) is 5.30. The summed E-state index contributed by atoms with van der Waals surface area (Å²) < 4.78 is 25.2. The summed E-state index contributed by atoms with van der Waals surface area (Å²) in [4.78, 5) is 12.6. The Hall–Kier alpha value is -2.55. The largest absolute Gasteiger partial charge is 0.454 e. The monoisotopic (exact) mass is 433 g/mol. The number of benzene rings is 2. The molecule has 2 aromatic rings. The average Bonchev–Trinajstić information content (AvgIpc) is 3.21. The molecule has 29 heavy (non-hydrogen) atoms. The van der Waals surface area contributed by atoms with Crippen molar-refractivity contribution >= 4 is 29.2 Å². The number of nitriles is 1. The first-order chi connectivity index (χ1) is 13.7. The molecule has 0 spiro atoms. The summed E-state index contributed by atoms with van der Waals surface area (Å²) in [5.41, 5.74) is -0.0645. The standard InChI is InChI=1S/C22H18Cl2FNO3/c1-22(2)15(11-19(23)24)20(22)21(27)29-18(12-26)13-8-9-16(25)17(10-13)28-14-6-4-3-5-7-14/h3-11,15,18,20H,1-2H3/t15-,18+,20+/m1/s1. The van der Waals surface area contributed by atoms with Gasteiger partial charge in [-0.05, 0) is 41.7 Å². The number of allylic oxidation sites excluding steroid dienone is 1. The number of hydrogen-bond donors (Lipinski definition) is 0. The van der Waals surface area contributed by atoms with Gasteiger partial charge >= 0.3 is 5.97 Å². The van der Waals surface area contributed by atoms with Crippen LogP contribution < -0.4 is 4.74 Å². The van der Waals surface area contributed by atoms with Crippen molar-refractivity contribution < 1.29 is 18.7 Å². The molecular weight excluding hydrogens is 416 g/mol. The van der Waals surface area contributed by atoms with Crippen molar-refractivity contribution in [2.75, 3.05) is 0 Å². The first-order valence-electron chi connectivity index (χ1n) is 8.89. The number of nitrogens with zero attached hydrogens (tertiary/aromatic N) is 1. The second-order valence-corrected chi connectivity index (χ2v) is 8.34. The number of para-hydroxylation sites is 1. The van der Waals surface area contributed by atoms with E-state index in [-0.39, 0.29) is 21.6 Å². The first-order valence-corrected chi connectivity index (χ1v) is 9.65. The van der Waals surface area contributed by atoms with E-state index in [1.54, 1.807) is 30.3 Å². The van der Waals surface area contributed by atoms with Crippen LogP contribution in [0.4, 0.5) is 4.39 Å². The fourth-order valence-electron chi connectivity index (χ4n) is 3.31. The average molecular weight is 434 g/mol. The first kappa shape index (κ1) is 21.2. The summed E-state index contributed by atoms with van der Waals surface area (Å²) in [6.07, 6.45) is 0.397. The van der Waals surface area contributed by atoms with Gasteiger partial charge in [0.25, 0.3) is 0 Å². The van der Waals surface area contributed by atoms with Crippen LogP contribution in [-0.2, 0) is 9.53 Å². The lowest BCUT2D eigenvalue weighted by molar-refractivity contribution is -0.149. The summed E-state index contributed by atoms with van der Waals surface area (Å²) >= 11 is 11.4. The number of carbonyl (C=O) groups excluding carboxylic acids is 1. The summed E-state index contributed by atoms with van der Waals surface area (Å²) in [5, 5.41) is 9.51. The van der Waals surface area contributed by atoms with Crippen molar-refractivity contribution in [3.63, 3.8) is 0 Å². The van der Waals surface area contributed by atoms with Crippen LogP contribution in [0.2, 0.25) is 0 Å². The maximum atomic E-state index is 14.2. The number of carbonyl (C=O) groups is 1. The molecule has 0 N–H and O–H groups in total. The second kappa shape index (κ2) is 8.44. The molecule has 1 fully saturated rings. The highest BCUT2D eigenvalue weighted by Gasteiger charge is 2.62. The molecule has 0 heterocycles. The van der Waals surface area contributed by atoms with Crippen molar-refractivity contribution in [2.24, 2.45) is 17.3 Å². The van der Waals surface area contributed by atoms with Gasteiger partial charge in [0.1, 0.15) is 16.3 Å². The highest BCUT2D eigenvalue weighted by atomic mass is 35.5. The molecule has 7 heteroatoms. The summed E-state index contributed by atoms with van der Waals surface area (Å²) in [6, 6.07) is 14.5. The van der Waals surface area contributed by atoms with Crippen LogP contribution in [0.25, 0.3) is 0 Å². The molecule has 0 bridgehead atoms. The van der Waals surface area contributed by atoms with Crippen molar-refractivity contribution in [2.45, 2.75) is 20.0 Å². The minimum atomic E-state index is -1.20. The molecule has 0 aromatic heterocycles. The van der Waals surface area contributed by atoms with E-state index in [1.807, 2.05) is 26.0 Å². The highest BCUT2D eigenvalue weighted by molar-refractivity contribution is 6.55. The molecule has 0 amide bonds. The SMILES string of the molecule is CC1(C)[C@H](C=C(Cl)Cl)[C@H]1C(=O)O[C@@H](C#N)c1ccc(F)c(Oc2ccccc2)c1. The third-order valence-electron chi connectivity index (χ3n) is 5.05. The fourth-order valence-corrected chi connectivity index (χ4v) is 3.58. The van der Waals surface area contributed by atoms with Gasteiger partial charge in [0.15, 0.2) is 11.6 Å². The highest BCUT2D eigenvalue weighted by Crippen LogP contribution is 2.60. The van der Waals surface area contributed by atoms with Crippen LogP contribution in [-0.4, -0.2) is 5.97 Å². The van der Waals surface area contributed by atoms with Crippen LogP contribution in [0.3, 0.4) is 0 Å². The van der Waals surface area contributed by atoms with E-state index in [4.69, 9.17) is 32.7 Å². The van der Waals surface area contributed by atoms with E-state index >= 15 is 0 Å². The van der Waals surface area contributed by atoms with E-state index in [0.717, 1.165) is 0 Å². The van der Waals surface area contributed by atoms with Crippen molar-refractivity contribution in [1.82, 2.24) is 0 Å². The van der Waals surface area contributed by atoms with Gasteiger partial charge < -0.3 is 9.47 Å². The van der Waals surface area contributed by atoms with Crippen LogP contribution >= 0.6 is 23.2 Å². The summed E-state index contributed by atoms with van der Waals surface area (Å²) in [5.74, 6) is -1.39. The predicted molar refractivity (Wildman–Crippen MR) is 108 cm³/mol. The van der Waals surface area contributed by atoms with E-state index < -0.39 is 23.8 Å². The zero-order chi connectivity index (χ0) is 21.2. The van der Waals surface area contributed by atoms with Gasteiger partial charge in [-0.2, -0.15) is 5.26 Å². The van der Waals surface area contributed by atoms with E-state index in [0.29, 0.717) is 11.3 Å². The van der Waals surface area contributed by atoms with Crippen LogP contribution in [0.1, 0.15) is 25.5 Å². The number of hydrogen-bond acceptors (Lipinski definition) is 4. The van der Waals surface area contributed by atoms with Crippen LogP contribution in [0.5, 0.6) is 11.5 Å². The Kier molecular flexibility index (Phi) is 6.16. The Bertz CT molecular complexity index is 981. The number of halogens is 3. The molecule has 0 aliphatic heterocycles. The minimum absolute atomic E-state index is 0.0634. The van der Waals surface area contributed by atoms with Crippen molar-refractivity contribution in [3.8, 4) is 17.6 Å². The molecule has 150 valence electrons. The zero-order valence-corrected chi connectivity index (χ0v) is 17.2. The molecule has 0 saturated heterocycles. The summed E-state index contributed by atoms with van der Waals surface area (Å²) in [7, 11) is 0. The lowest BCUT2D eigenvalue weighted by Crippen LogP contribution is -2.14. The number of rotatable bonds is 6. The molecule has 1 saturated carbocycles. The molecule has 1 aliphatic carbocycles. The molecule has 0 unspecified atom stereocenters. The molecule has 3 atom stereocenters. The molecular formula is C22H18Cl2FNO3. The lowest BCUT2D eigenvalue weighted by atomic mass is 10.1. The molecule has 1 aliphatic rings. The second-order valence-electron chi connectivity index (χ2n) is 7.33. The number of ether oxygens (including phenoxy) is 2. The van der Waals surface area contributed by atoms with E-state index in [1.165, 1.54) is 18.2 Å². The third kappa shape index (κ3) is 4.72. The van der Waals surface area contributed by atoms with Gasteiger partial charge in [-0.15, -0.1) is 0 Å². The van der Waals surface area contributed by atoms with Gasteiger partial charge in [0.2, 0.25) is 6.10 Å². The minimum Gasteiger partial charge on any atom is -0.454 e. The van der Waals surface area contributed by atoms with Crippen molar-refractivity contribution in [1.29, 1.82) is 5.26 Å². The topological polar surface area (TPSA) is 59.3 Å². The van der Waals surface area contributed by atoms with Gasteiger partial charge in [-0.25, -0.2) is 4.39 Å². The van der Waals surface area contributed by atoms with Crippen molar-refractivity contribution in [3.05, 3.63) is 70.5 Å². The normalized spacial score (nSPS) is 20.1. The Morgan fingerprint density at radius 3 is 2.55 bits per heavy atom. The van der Waals surface area contributed by atoms with Gasteiger partial charge in [-0.3, -0.25) is 4.79 Å². The molecule has 3 rings (SSSR count). The fraction of sp³-hybridized carbons (Fsp3) is 0.273. The van der Waals surface area contributed by atoms with E-state index in [2.05, 4.69) is 0 Å². The maximum absolute atomic E-state index is 14.2. The Labute approximate surface area is 178 Å². The lowest BCUT2D eigenvalue weighted by Gasteiger charge is -2.14. The van der Waals surface area contributed by atoms with Gasteiger partial charge in [-0.1, -0.05) is 61.3 Å². The predicted octanol–water partition coefficient (Wildman–Crippen LogP) is 6.32. The Balaban J connectivity index is 1.77. The Morgan fingerprint density at radius 2 is 1.93 bits per heavy atom.